The quantitative estimate of drug-likeness (QED) is 0.550. The zero-order chi connectivity index (χ0) is 10.1. The Balaban J connectivity index is 0.000000671. The summed E-state index contributed by atoms with van der Waals surface area (Å²) < 4.78 is 0. The van der Waals surface area contributed by atoms with Crippen LogP contribution in [0, 0.1) is 11.8 Å². The Bertz CT molecular complexity index is 115. The van der Waals surface area contributed by atoms with Gasteiger partial charge in [-0.25, -0.2) is 0 Å². The maximum absolute atomic E-state index is 3.82. The van der Waals surface area contributed by atoms with E-state index in [4.69, 9.17) is 0 Å². The Morgan fingerprint density at radius 1 is 1.15 bits per heavy atom. The Kier molecular flexibility index (Phi) is 8.18. The first-order valence-corrected chi connectivity index (χ1v) is 5.99. The summed E-state index contributed by atoms with van der Waals surface area (Å²) in [5, 5.41) is 0. The minimum atomic E-state index is 0.964. The van der Waals surface area contributed by atoms with Gasteiger partial charge in [-0.2, -0.15) is 0 Å². The summed E-state index contributed by atoms with van der Waals surface area (Å²) in [5.41, 5.74) is 0. The van der Waals surface area contributed by atoms with Gasteiger partial charge in [0, 0.05) is 0 Å². The summed E-state index contributed by atoms with van der Waals surface area (Å²) in [6.45, 7) is 10.1. The van der Waals surface area contributed by atoms with Gasteiger partial charge < -0.3 is 0 Å². The van der Waals surface area contributed by atoms with Crippen molar-refractivity contribution in [2.75, 3.05) is 0 Å². The molecule has 1 fully saturated rings. The van der Waals surface area contributed by atoms with Gasteiger partial charge in [0.15, 0.2) is 0 Å². The summed E-state index contributed by atoms with van der Waals surface area (Å²) in [6.07, 6.45) is 10.6. The maximum atomic E-state index is 3.82. The van der Waals surface area contributed by atoms with Crippen LogP contribution in [0.25, 0.3) is 0 Å². The summed E-state index contributed by atoms with van der Waals surface area (Å²) in [7, 11) is 0. The average molecular weight is 182 g/mol. The van der Waals surface area contributed by atoms with Gasteiger partial charge >= 0.3 is 0 Å². The highest BCUT2D eigenvalue weighted by atomic mass is 14.3. The molecule has 1 aliphatic carbocycles. The van der Waals surface area contributed by atoms with Crippen molar-refractivity contribution >= 4 is 0 Å². The Labute approximate surface area is 84.4 Å². The van der Waals surface area contributed by atoms with E-state index >= 15 is 0 Å². The molecule has 0 aromatic heterocycles. The van der Waals surface area contributed by atoms with E-state index in [2.05, 4.69) is 19.6 Å². The second-order valence-electron chi connectivity index (χ2n) is 3.74. The monoisotopic (exact) mass is 182 g/mol. The predicted octanol–water partition coefficient (Wildman–Crippen LogP) is 4.81. The molecular formula is C13H26. The highest BCUT2D eigenvalue weighted by molar-refractivity contribution is 4.80. The average Bonchev–Trinajstić information content (AvgIpc) is 2.22. The van der Waals surface area contributed by atoms with Crippen molar-refractivity contribution < 1.29 is 0 Å². The van der Waals surface area contributed by atoms with Crippen LogP contribution in [0.2, 0.25) is 0 Å². The first-order valence-electron chi connectivity index (χ1n) is 5.99. The standard InChI is InChI=1S/C11H20.C2H6/c1-3-7-11-9-6-5-8-10(11)4-2;1-2/h3,10-11H,1,4-9H2,2H3;1-2H3. The van der Waals surface area contributed by atoms with E-state index in [1.165, 1.54) is 38.5 Å². The summed E-state index contributed by atoms with van der Waals surface area (Å²) in [5.74, 6) is 1.97. The van der Waals surface area contributed by atoms with Crippen LogP contribution in [0.3, 0.4) is 0 Å². The van der Waals surface area contributed by atoms with Crippen molar-refractivity contribution in [2.45, 2.75) is 59.3 Å². The molecule has 1 rings (SSSR count). The molecule has 1 aliphatic rings. The zero-order valence-electron chi connectivity index (χ0n) is 9.68. The molecule has 0 heteroatoms. The van der Waals surface area contributed by atoms with Crippen molar-refractivity contribution in [3.05, 3.63) is 12.7 Å². The van der Waals surface area contributed by atoms with Crippen molar-refractivity contribution in [1.82, 2.24) is 0 Å². The van der Waals surface area contributed by atoms with Gasteiger partial charge in [0.1, 0.15) is 0 Å². The van der Waals surface area contributed by atoms with Crippen LogP contribution < -0.4 is 0 Å². The van der Waals surface area contributed by atoms with Crippen LogP contribution in [-0.2, 0) is 0 Å². The molecule has 0 nitrogen and oxygen atoms in total. The first-order chi connectivity index (χ1) is 6.38. The molecule has 0 amide bonds. The van der Waals surface area contributed by atoms with Crippen LogP contribution in [0.5, 0.6) is 0 Å². The number of rotatable bonds is 3. The molecule has 1 saturated carbocycles. The fraction of sp³-hybridized carbons (Fsp3) is 0.846. The normalized spacial score (nSPS) is 27.3. The van der Waals surface area contributed by atoms with E-state index in [1.54, 1.807) is 0 Å². The van der Waals surface area contributed by atoms with E-state index in [0.717, 1.165) is 11.8 Å². The highest BCUT2D eigenvalue weighted by Gasteiger charge is 2.21. The predicted molar refractivity (Wildman–Crippen MR) is 61.9 cm³/mol. The molecule has 0 heterocycles. The third-order valence-electron chi connectivity index (χ3n) is 3.06. The number of allylic oxidation sites excluding steroid dienone is 1. The largest absolute Gasteiger partial charge is 0.103 e. The summed E-state index contributed by atoms with van der Waals surface area (Å²) in [4.78, 5) is 0. The van der Waals surface area contributed by atoms with Gasteiger partial charge in [-0.3, -0.25) is 0 Å². The zero-order valence-corrected chi connectivity index (χ0v) is 9.68. The van der Waals surface area contributed by atoms with Crippen LogP contribution >= 0.6 is 0 Å². The van der Waals surface area contributed by atoms with Gasteiger partial charge in [0.05, 0.1) is 0 Å². The molecule has 0 radical (unpaired) electrons. The summed E-state index contributed by atoms with van der Waals surface area (Å²) in [6, 6.07) is 0. The van der Waals surface area contributed by atoms with E-state index in [-0.39, 0.29) is 0 Å². The van der Waals surface area contributed by atoms with Crippen molar-refractivity contribution in [3.8, 4) is 0 Å². The molecule has 2 atom stereocenters. The number of hydrogen-bond donors (Lipinski definition) is 0. The van der Waals surface area contributed by atoms with Crippen LogP contribution in [0.15, 0.2) is 12.7 Å². The van der Waals surface area contributed by atoms with Crippen LogP contribution in [-0.4, -0.2) is 0 Å². The molecule has 0 spiro atoms. The molecule has 0 aliphatic heterocycles. The van der Waals surface area contributed by atoms with Crippen molar-refractivity contribution in [3.63, 3.8) is 0 Å². The Hall–Kier alpha value is -0.260. The number of hydrogen-bond acceptors (Lipinski definition) is 0. The van der Waals surface area contributed by atoms with Crippen molar-refractivity contribution in [2.24, 2.45) is 11.8 Å². The van der Waals surface area contributed by atoms with Gasteiger partial charge in [0.2, 0.25) is 0 Å². The van der Waals surface area contributed by atoms with Crippen molar-refractivity contribution in [1.29, 1.82) is 0 Å². The van der Waals surface area contributed by atoms with Crippen LogP contribution in [0.4, 0.5) is 0 Å². The maximum Gasteiger partial charge on any atom is -0.0322 e. The molecule has 2 unspecified atom stereocenters. The van der Waals surface area contributed by atoms with Gasteiger partial charge in [0.25, 0.3) is 0 Å². The topological polar surface area (TPSA) is 0 Å². The molecule has 13 heavy (non-hydrogen) atoms. The molecule has 78 valence electrons. The Morgan fingerprint density at radius 3 is 2.15 bits per heavy atom. The SMILES string of the molecule is C=CCC1CCCCC1CC.CC. The third-order valence-corrected chi connectivity index (χ3v) is 3.06. The molecule has 0 N–H and O–H groups in total. The second-order valence-corrected chi connectivity index (χ2v) is 3.74. The minimum Gasteiger partial charge on any atom is -0.103 e. The highest BCUT2D eigenvalue weighted by Crippen LogP contribution is 2.34. The molecule has 0 aromatic carbocycles. The van der Waals surface area contributed by atoms with Crippen LogP contribution in [0.1, 0.15) is 59.3 Å². The first kappa shape index (κ1) is 12.7. The summed E-state index contributed by atoms with van der Waals surface area (Å²) >= 11 is 0. The fourth-order valence-electron chi connectivity index (χ4n) is 2.35. The smallest absolute Gasteiger partial charge is 0.0322 e. The van der Waals surface area contributed by atoms with E-state index in [1.807, 2.05) is 13.8 Å². The Morgan fingerprint density at radius 2 is 1.69 bits per heavy atom. The van der Waals surface area contributed by atoms with Gasteiger partial charge in [-0.05, 0) is 24.7 Å². The van der Waals surface area contributed by atoms with E-state index < -0.39 is 0 Å². The van der Waals surface area contributed by atoms with Gasteiger partial charge in [-0.15, -0.1) is 6.58 Å². The lowest BCUT2D eigenvalue weighted by atomic mass is 9.76. The lowest BCUT2D eigenvalue weighted by Crippen LogP contribution is -2.17. The van der Waals surface area contributed by atoms with Gasteiger partial charge in [-0.1, -0.05) is 52.5 Å². The molecular weight excluding hydrogens is 156 g/mol. The van der Waals surface area contributed by atoms with E-state index in [9.17, 15) is 0 Å². The minimum absolute atomic E-state index is 0.964. The van der Waals surface area contributed by atoms with E-state index in [0.29, 0.717) is 0 Å². The second kappa shape index (κ2) is 8.34. The fourth-order valence-corrected chi connectivity index (χ4v) is 2.35. The molecule has 0 saturated heterocycles. The molecule has 0 bridgehead atoms. The third kappa shape index (κ3) is 4.50. The molecule has 0 aromatic rings. The lowest BCUT2D eigenvalue weighted by molar-refractivity contribution is 0.232. The lowest BCUT2D eigenvalue weighted by Gasteiger charge is -2.29.